The molecule has 7 heteroatoms. The maximum absolute atomic E-state index is 13.6. The van der Waals surface area contributed by atoms with Gasteiger partial charge in [-0.15, -0.1) is 11.3 Å². The molecule has 2 atom stereocenters. The van der Waals surface area contributed by atoms with Crippen LogP contribution in [0.2, 0.25) is 0 Å². The van der Waals surface area contributed by atoms with Crippen LogP contribution >= 0.6 is 11.3 Å². The molecule has 0 radical (unpaired) electrons. The third-order valence-corrected chi connectivity index (χ3v) is 6.69. The summed E-state index contributed by atoms with van der Waals surface area (Å²) >= 11 is 1.43. The van der Waals surface area contributed by atoms with Crippen molar-refractivity contribution < 1.29 is 18.1 Å². The number of benzene rings is 2. The molecule has 2 aromatic carbocycles. The molecule has 0 aliphatic rings. The van der Waals surface area contributed by atoms with Crippen LogP contribution in [0.4, 0.5) is 4.39 Å². The lowest BCUT2D eigenvalue weighted by atomic mass is 10.1. The second kappa shape index (κ2) is 9.91. The first-order chi connectivity index (χ1) is 14.0. The summed E-state index contributed by atoms with van der Waals surface area (Å²) in [5, 5.41) is 0. The maximum atomic E-state index is 13.6. The van der Waals surface area contributed by atoms with Crippen LogP contribution < -0.4 is 4.72 Å². The van der Waals surface area contributed by atoms with E-state index >= 15 is 0 Å². The minimum Gasteiger partial charge on any atom is -0.466 e. The Morgan fingerprint density at radius 3 is 2.62 bits per heavy atom. The summed E-state index contributed by atoms with van der Waals surface area (Å²) in [5.74, 6) is -0.675. The molecule has 0 unspecified atom stereocenters. The summed E-state index contributed by atoms with van der Waals surface area (Å²) in [5.41, 5.74) is 1.84. The van der Waals surface area contributed by atoms with Crippen LogP contribution in [0, 0.1) is 12.7 Å². The molecule has 1 aromatic heterocycles. The van der Waals surface area contributed by atoms with Crippen molar-refractivity contribution >= 4 is 28.3 Å². The first-order valence-electron chi connectivity index (χ1n) is 9.22. The third-order valence-electron chi connectivity index (χ3n) is 4.24. The van der Waals surface area contributed by atoms with E-state index < -0.39 is 17.0 Å². The van der Waals surface area contributed by atoms with Gasteiger partial charge in [-0.2, -0.15) is 0 Å². The normalized spacial score (nSPS) is 13.1. The van der Waals surface area contributed by atoms with Crippen LogP contribution in [0.1, 0.15) is 29.8 Å². The van der Waals surface area contributed by atoms with Crippen molar-refractivity contribution in [2.45, 2.75) is 31.2 Å². The third kappa shape index (κ3) is 5.82. The van der Waals surface area contributed by atoms with Gasteiger partial charge < -0.3 is 4.74 Å². The first kappa shape index (κ1) is 21.4. The fourth-order valence-corrected chi connectivity index (χ4v) is 4.90. The van der Waals surface area contributed by atoms with E-state index in [9.17, 15) is 13.4 Å². The lowest BCUT2D eigenvalue weighted by Crippen LogP contribution is -2.26. The van der Waals surface area contributed by atoms with Crippen LogP contribution in [-0.2, 0) is 20.5 Å². The Morgan fingerprint density at radius 1 is 1.17 bits per heavy atom. The van der Waals surface area contributed by atoms with E-state index in [4.69, 9.17) is 4.74 Å². The van der Waals surface area contributed by atoms with E-state index in [1.54, 1.807) is 25.1 Å². The van der Waals surface area contributed by atoms with Gasteiger partial charge in [0, 0.05) is 9.75 Å². The minimum absolute atomic E-state index is 0.0501. The molecule has 0 fully saturated rings. The fraction of sp³-hybridized carbons (Fsp3) is 0.227. The van der Waals surface area contributed by atoms with Crippen molar-refractivity contribution in [1.82, 2.24) is 4.72 Å². The number of rotatable bonds is 8. The summed E-state index contributed by atoms with van der Waals surface area (Å²) in [4.78, 5) is 14.4. The summed E-state index contributed by atoms with van der Waals surface area (Å²) in [6.45, 7) is 3.99. The molecule has 1 N–H and O–H groups in total. The van der Waals surface area contributed by atoms with Gasteiger partial charge in [-0.25, -0.2) is 13.3 Å². The smallest absolute Gasteiger partial charge is 0.307 e. The van der Waals surface area contributed by atoms with E-state index in [2.05, 4.69) is 4.72 Å². The summed E-state index contributed by atoms with van der Waals surface area (Å²) in [6, 6.07) is 17.0. The average molecular weight is 432 g/mol. The van der Waals surface area contributed by atoms with Gasteiger partial charge in [-0.3, -0.25) is 4.79 Å². The molecule has 0 saturated carbocycles. The summed E-state index contributed by atoms with van der Waals surface area (Å²) in [7, 11) is -1.49. The van der Waals surface area contributed by atoms with E-state index in [0.29, 0.717) is 4.90 Å². The maximum Gasteiger partial charge on any atom is 0.307 e. The van der Waals surface area contributed by atoms with Gasteiger partial charge in [0.1, 0.15) is 16.8 Å². The molecule has 0 aliphatic carbocycles. The zero-order chi connectivity index (χ0) is 20.8. The number of aryl methyl sites for hydroxylation is 1. The van der Waals surface area contributed by atoms with Gasteiger partial charge in [0.2, 0.25) is 0 Å². The van der Waals surface area contributed by atoms with Crippen LogP contribution in [-0.4, -0.2) is 16.8 Å². The highest BCUT2D eigenvalue weighted by Gasteiger charge is 2.22. The van der Waals surface area contributed by atoms with Crippen molar-refractivity contribution in [1.29, 1.82) is 0 Å². The zero-order valence-corrected chi connectivity index (χ0v) is 17.8. The molecule has 0 amide bonds. The highest BCUT2D eigenvalue weighted by molar-refractivity contribution is 7.83. The number of nitrogens with one attached hydrogen (secondary N) is 1. The largest absolute Gasteiger partial charge is 0.466 e. The molecule has 152 valence electrons. The van der Waals surface area contributed by atoms with E-state index in [-0.39, 0.29) is 24.8 Å². The molecular formula is C22H22FNO3S2. The Balaban J connectivity index is 1.84. The number of carbonyl (C=O) groups is 1. The second-order valence-electron chi connectivity index (χ2n) is 6.47. The first-order valence-corrected chi connectivity index (χ1v) is 11.2. The topological polar surface area (TPSA) is 55.4 Å². The van der Waals surface area contributed by atoms with Gasteiger partial charge >= 0.3 is 5.97 Å². The van der Waals surface area contributed by atoms with Crippen molar-refractivity contribution in [3.05, 3.63) is 76.9 Å². The van der Waals surface area contributed by atoms with E-state index in [1.165, 1.54) is 23.5 Å². The molecule has 29 heavy (non-hydrogen) atoms. The summed E-state index contributed by atoms with van der Waals surface area (Å²) < 4.78 is 34.5. The van der Waals surface area contributed by atoms with Crippen LogP contribution in [0.3, 0.4) is 0 Å². The van der Waals surface area contributed by atoms with Crippen LogP contribution in [0.25, 0.3) is 10.4 Å². The lowest BCUT2D eigenvalue weighted by Gasteiger charge is -2.16. The summed E-state index contributed by atoms with van der Waals surface area (Å²) in [6.07, 6.45) is 0.0501. The fourth-order valence-electron chi connectivity index (χ4n) is 2.78. The molecular weight excluding hydrogens is 409 g/mol. The average Bonchev–Trinajstić information content (AvgIpc) is 3.18. The van der Waals surface area contributed by atoms with Crippen LogP contribution in [0.15, 0.2) is 65.6 Å². The molecule has 0 spiro atoms. The van der Waals surface area contributed by atoms with Crippen molar-refractivity contribution in [2.75, 3.05) is 6.61 Å². The van der Waals surface area contributed by atoms with E-state index in [0.717, 1.165) is 20.9 Å². The number of hydrogen-bond donors (Lipinski definition) is 1. The quantitative estimate of drug-likeness (QED) is 0.501. The van der Waals surface area contributed by atoms with Gasteiger partial charge in [0.25, 0.3) is 0 Å². The van der Waals surface area contributed by atoms with Crippen molar-refractivity contribution in [3.8, 4) is 10.4 Å². The molecule has 0 bridgehead atoms. The second-order valence-corrected chi connectivity index (χ2v) is 8.83. The number of carbonyl (C=O) groups excluding carboxylic acids is 1. The predicted molar refractivity (Wildman–Crippen MR) is 114 cm³/mol. The van der Waals surface area contributed by atoms with Crippen molar-refractivity contribution in [3.63, 3.8) is 0 Å². The standard InChI is InChI=1S/C22H22FNO3S2/c1-3-27-22(25)14-19(24-29(26)18-9-7-15(2)8-10-18)21-12-11-20(28-21)16-5-4-6-17(23)13-16/h4-13,19,24H,3,14H2,1-2H3/t19-,29+/m0/s1. The number of ether oxygens (including phenoxy) is 1. The number of thiophene rings is 1. The molecule has 4 nitrogen and oxygen atoms in total. The molecule has 3 rings (SSSR count). The van der Waals surface area contributed by atoms with Gasteiger partial charge in [-0.05, 0) is 55.8 Å². The van der Waals surface area contributed by atoms with Gasteiger partial charge in [0.05, 0.1) is 24.0 Å². The predicted octanol–water partition coefficient (Wildman–Crippen LogP) is 5.17. The minimum atomic E-state index is -1.49. The number of esters is 1. The number of halogens is 1. The molecule has 0 aliphatic heterocycles. The zero-order valence-electron chi connectivity index (χ0n) is 16.2. The highest BCUT2D eigenvalue weighted by atomic mass is 32.2. The Morgan fingerprint density at radius 2 is 1.93 bits per heavy atom. The Hall–Kier alpha value is -2.35. The highest BCUT2D eigenvalue weighted by Crippen LogP contribution is 2.33. The SMILES string of the molecule is CCOC(=O)C[C@H](N[S@](=O)c1ccc(C)cc1)c1ccc(-c2cccc(F)c2)s1. The Bertz CT molecular complexity index is 1000. The van der Waals surface area contributed by atoms with E-state index in [1.807, 2.05) is 37.3 Å². The Labute approximate surface area is 176 Å². The van der Waals surface area contributed by atoms with Gasteiger partial charge in [-0.1, -0.05) is 29.8 Å². The Kier molecular flexibility index (Phi) is 7.30. The number of hydrogen-bond acceptors (Lipinski definition) is 4. The van der Waals surface area contributed by atoms with Crippen LogP contribution in [0.5, 0.6) is 0 Å². The molecule has 0 saturated heterocycles. The molecule has 1 heterocycles. The van der Waals surface area contributed by atoms with Gasteiger partial charge in [0.15, 0.2) is 0 Å². The monoisotopic (exact) mass is 431 g/mol. The van der Waals surface area contributed by atoms with Crippen molar-refractivity contribution in [2.24, 2.45) is 0 Å². The molecule has 3 aromatic rings. The lowest BCUT2D eigenvalue weighted by molar-refractivity contribution is -0.143.